The minimum Gasteiger partial charge on any atom is -0.275 e. The average molecular weight is 204 g/mol. The van der Waals surface area contributed by atoms with E-state index in [0.29, 0.717) is 0 Å². The number of hydrogen-bond acceptors (Lipinski definition) is 5. The molecule has 1 atom stereocenters. The molecule has 0 spiro atoms. The van der Waals surface area contributed by atoms with Gasteiger partial charge >= 0.3 is 0 Å². The predicted molar refractivity (Wildman–Crippen MR) is 54.4 cm³/mol. The Morgan fingerprint density at radius 1 is 1.53 bits per heavy atom. The van der Waals surface area contributed by atoms with Gasteiger partial charge in [0.1, 0.15) is 6.33 Å². The van der Waals surface area contributed by atoms with Gasteiger partial charge in [-0.25, -0.2) is 15.4 Å². The molecule has 3 N–H and O–H groups in total. The monoisotopic (exact) mass is 204 g/mol. The van der Waals surface area contributed by atoms with Crippen LogP contribution in [0.2, 0.25) is 0 Å². The number of rotatable bonds is 3. The summed E-state index contributed by atoms with van der Waals surface area (Å²) in [7, 11) is 1.86. The van der Waals surface area contributed by atoms with Crippen LogP contribution in [-0.2, 0) is 7.05 Å². The zero-order valence-corrected chi connectivity index (χ0v) is 8.33. The Labute approximate surface area is 87.1 Å². The maximum atomic E-state index is 5.50. The number of nitrogens with two attached hydrogens (primary N) is 1. The molecule has 78 valence electrons. The quantitative estimate of drug-likeness (QED) is 0.533. The maximum Gasteiger partial charge on any atom is 0.115 e. The third-order valence-electron chi connectivity index (χ3n) is 2.13. The third-order valence-corrected chi connectivity index (χ3v) is 2.13. The molecule has 0 saturated carbocycles. The number of aryl methyl sites for hydroxylation is 1. The minimum absolute atomic E-state index is 0.151. The molecule has 0 aromatic carbocycles. The summed E-state index contributed by atoms with van der Waals surface area (Å²) >= 11 is 0. The summed E-state index contributed by atoms with van der Waals surface area (Å²) in [6, 6.07) is 1.67. The minimum atomic E-state index is -0.151. The highest BCUT2D eigenvalue weighted by Gasteiger charge is 2.14. The van der Waals surface area contributed by atoms with Crippen LogP contribution in [0.4, 0.5) is 0 Å². The number of hydrazine groups is 1. The fourth-order valence-corrected chi connectivity index (χ4v) is 1.41. The smallest absolute Gasteiger partial charge is 0.115 e. The second-order valence-corrected chi connectivity index (χ2v) is 3.18. The van der Waals surface area contributed by atoms with Gasteiger partial charge in [-0.3, -0.25) is 10.5 Å². The Morgan fingerprint density at radius 2 is 2.40 bits per heavy atom. The van der Waals surface area contributed by atoms with E-state index < -0.39 is 0 Å². The molecule has 0 aliphatic rings. The van der Waals surface area contributed by atoms with Crippen LogP contribution in [0.5, 0.6) is 0 Å². The maximum absolute atomic E-state index is 5.50. The SMILES string of the molecule is Cn1cc(C(NN)c2ccncn2)cn1. The molecule has 0 aliphatic carbocycles. The van der Waals surface area contributed by atoms with Crippen LogP contribution >= 0.6 is 0 Å². The molecule has 0 saturated heterocycles. The normalized spacial score (nSPS) is 12.7. The van der Waals surface area contributed by atoms with Crippen molar-refractivity contribution in [3.8, 4) is 0 Å². The number of aromatic nitrogens is 4. The molecule has 15 heavy (non-hydrogen) atoms. The molecule has 6 nitrogen and oxygen atoms in total. The second-order valence-electron chi connectivity index (χ2n) is 3.18. The highest BCUT2D eigenvalue weighted by Crippen LogP contribution is 2.17. The topological polar surface area (TPSA) is 81.7 Å². The van der Waals surface area contributed by atoms with Crippen LogP contribution in [0.15, 0.2) is 31.0 Å². The van der Waals surface area contributed by atoms with E-state index in [1.165, 1.54) is 6.33 Å². The fourth-order valence-electron chi connectivity index (χ4n) is 1.41. The fraction of sp³-hybridized carbons (Fsp3) is 0.222. The van der Waals surface area contributed by atoms with Gasteiger partial charge in [0.2, 0.25) is 0 Å². The van der Waals surface area contributed by atoms with Crippen molar-refractivity contribution in [3.63, 3.8) is 0 Å². The predicted octanol–water partition coefficient (Wildman–Crippen LogP) is -0.237. The summed E-state index contributed by atoms with van der Waals surface area (Å²) in [5.41, 5.74) is 4.50. The van der Waals surface area contributed by atoms with Gasteiger partial charge in [0, 0.05) is 25.0 Å². The summed E-state index contributed by atoms with van der Waals surface area (Å²) in [5.74, 6) is 5.50. The van der Waals surface area contributed by atoms with Crippen LogP contribution in [0, 0.1) is 0 Å². The third kappa shape index (κ3) is 2.00. The Hall–Kier alpha value is -1.79. The number of hydrogen-bond donors (Lipinski definition) is 2. The zero-order chi connectivity index (χ0) is 10.7. The highest BCUT2D eigenvalue weighted by atomic mass is 15.3. The van der Waals surface area contributed by atoms with Crippen LogP contribution in [0.3, 0.4) is 0 Å². The van der Waals surface area contributed by atoms with Crippen molar-refractivity contribution < 1.29 is 0 Å². The van der Waals surface area contributed by atoms with Crippen molar-refractivity contribution in [2.24, 2.45) is 12.9 Å². The van der Waals surface area contributed by atoms with Crippen molar-refractivity contribution >= 4 is 0 Å². The molecule has 0 aliphatic heterocycles. The van der Waals surface area contributed by atoms with Gasteiger partial charge in [0.25, 0.3) is 0 Å². The van der Waals surface area contributed by atoms with Gasteiger partial charge in [0.05, 0.1) is 17.9 Å². The van der Waals surface area contributed by atoms with Gasteiger partial charge in [-0.05, 0) is 6.07 Å². The van der Waals surface area contributed by atoms with E-state index in [4.69, 9.17) is 5.84 Å². The van der Waals surface area contributed by atoms with E-state index in [0.717, 1.165) is 11.3 Å². The molecule has 2 heterocycles. The largest absolute Gasteiger partial charge is 0.275 e. The van der Waals surface area contributed by atoms with E-state index in [1.807, 2.05) is 19.3 Å². The van der Waals surface area contributed by atoms with Gasteiger partial charge in [-0.1, -0.05) is 0 Å². The van der Waals surface area contributed by atoms with Crippen molar-refractivity contribution in [1.82, 2.24) is 25.2 Å². The van der Waals surface area contributed by atoms with Crippen molar-refractivity contribution in [1.29, 1.82) is 0 Å². The lowest BCUT2D eigenvalue weighted by Gasteiger charge is -2.12. The molecule has 0 radical (unpaired) electrons. The first-order chi connectivity index (χ1) is 7.31. The lowest BCUT2D eigenvalue weighted by molar-refractivity contribution is 0.618. The van der Waals surface area contributed by atoms with Crippen molar-refractivity contribution in [3.05, 3.63) is 42.2 Å². The second kappa shape index (κ2) is 4.16. The van der Waals surface area contributed by atoms with Crippen LogP contribution in [0.1, 0.15) is 17.3 Å². The first-order valence-corrected chi connectivity index (χ1v) is 4.52. The van der Waals surface area contributed by atoms with Crippen LogP contribution in [0.25, 0.3) is 0 Å². The molecular weight excluding hydrogens is 192 g/mol. The van der Waals surface area contributed by atoms with Gasteiger partial charge in [-0.15, -0.1) is 0 Å². The zero-order valence-electron chi connectivity index (χ0n) is 8.33. The highest BCUT2D eigenvalue weighted by molar-refractivity contribution is 5.21. The molecule has 0 fully saturated rings. The van der Waals surface area contributed by atoms with Gasteiger partial charge < -0.3 is 0 Å². The first-order valence-electron chi connectivity index (χ1n) is 4.52. The van der Waals surface area contributed by atoms with E-state index >= 15 is 0 Å². The molecular formula is C9H12N6. The lowest BCUT2D eigenvalue weighted by Crippen LogP contribution is -2.29. The van der Waals surface area contributed by atoms with E-state index in [-0.39, 0.29) is 6.04 Å². The van der Waals surface area contributed by atoms with Crippen molar-refractivity contribution in [2.75, 3.05) is 0 Å². The van der Waals surface area contributed by atoms with Gasteiger partial charge in [-0.2, -0.15) is 5.10 Å². The van der Waals surface area contributed by atoms with E-state index in [2.05, 4.69) is 20.5 Å². The molecule has 2 aromatic heterocycles. The first kappa shape index (κ1) is 9.75. The number of nitrogens with one attached hydrogen (secondary N) is 1. The van der Waals surface area contributed by atoms with Crippen molar-refractivity contribution in [2.45, 2.75) is 6.04 Å². The Morgan fingerprint density at radius 3 is 2.93 bits per heavy atom. The average Bonchev–Trinajstić information content (AvgIpc) is 2.68. The lowest BCUT2D eigenvalue weighted by atomic mass is 10.1. The molecule has 1 unspecified atom stereocenters. The Balaban J connectivity index is 2.33. The summed E-state index contributed by atoms with van der Waals surface area (Å²) in [6.45, 7) is 0. The standard InChI is InChI=1S/C9H12N6/c1-15-5-7(4-13-15)9(14-10)8-2-3-11-6-12-8/h2-6,9,14H,10H2,1H3. The summed E-state index contributed by atoms with van der Waals surface area (Å²) in [4.78, 5) is 8.01. The number of nitrogens with zero attached hydrogens (tertiary/aromatic N) is 4. The summed E-state index contributed by atoms with van der Waals surface area (Å²) < 4.78 is 1.72. The van der Waals surface area contributed by atoms with E-state index in [9.17, 15) is 0 Å². The summed E-state index contributed by atoms with van der Waals surface area (Å²) in [5, 5.41) is 4.09. The van der Waals surface area contributed by atoms with Gasteiger partial charge in [0.15, 0.2) is 0 Å². The Bertz CT molecular complexity index is 423. The molecule has 2 rings (SSSR count). The molecule has 0 bridgehead atoms. The molecule has 0 amide bonds. The summed E-state index contributed by atoms with van der Waals surface area (Å²) in [6.07, 6.45) is 6.83. The molecule has 2 aromatic rings. The van der Waals surface area contributed by atoms with Crippen LogP contribution in [-0.4, -0.2) is 19.7 Å². The molecule has 6 heteroatoms. The Kier molecular flexibility index (Phi) is 2.70. The van der Waals surface area contributed by atoms with Crippen LogP contribution < -0.4 is 11.3 Å². The van der Waals surface area contributed by atoms with E-state index in [1.54, 1.807) is 17.1 Å².